The lowest BCUT2D eigenvalue weighted by Gasteiger charge is -2.35. The molecule has 1 aromatic carbocycles. The average molecular weight is 403 g/mol. The predicted octanol–water partition coefficient (Wildman–Crippen LogP) is 3.74. The van der Waals surface area contributed by atoms with Crippen molar-refractivity contribution >= 4 is 30.8 Å². The Morgan fingerprint density at radius 3 is 2.24 bits per heavy atom. The zero-order chi connectivity index (χ0) is 16.9. The van der Waals surface area contributed by atoms with Crippen molar-refractivity contribution in [2.45, 2.75) is 32.0 Å². The third-order valence-electron chi connectivity index (χ3n) is 3.82. The van der Waals surface area contributed by atoms with Gasteiger partial charge >= 0.3 is 12.1 Å². The van der Waals surface area contributed by atoms with Gasteiger partial charge in [0.25, 0.3) is 0 Å². The van der Waals surface area contributed by atoms with Crippen molar-refractivity contribution in [1.82, 2.24) is 10.2 Å². The number of nitrogens with zero attached hydrogens (tertiary/aromatic N) is 1. The largest absolute Gasteiger partial charge is 0.427 e. The lowest BCUT2D eigenvalue weighted by atomic mass is 9.99. The first kappa shape index (κ1) is 24.0. The third-order valence-corrected chi connectivity index (χ3v) is 3.82. The van der Waals surface area contributed by atoms with E-state index in [-0.39, 0.29) is 37.3 Å². The van der Waals surface area contributed by atoms with Gasteiger partial charge in [-0.2, -0.15) is 13.2 Å². The van der Waals surface area contributed by atoms with Gasteiger partial charge in [0, 0.05) is 45.6 Å². The smallest absolute Gasteiger partial charge is 0.389 e. The molecule has 0 aromatic heterocycles. The Morgan fingerprint density at radius 1 is 1.20 bits per heavy atom. The van der Waals surface area contributed by atoms with E-state index >= 15 is 0 Å². The molecule has 1 heterocycles. The molecule has 1 fully saturated rings. The van der Waals surface area contributed by atoms with Crippen LogP contribution in [0.1, 0.15) is 31.4 Å². The van der Waals surface area contributed by atoms with Gasteiger partial charge in [-0.15, -0.1) is 24.8 Å². The van der Waals surface area contributed by atoms with Gasteiger partial charge in [0.1, 0.15) is 5.75 Å². The first-order valence-corrected chi connectivity index (χ1v) is 7.65. The topological polar surface area (TPSA) is 41.6 Å². The van der Waals surface area contributed by atoms with E-state index in [1.807, 2.05) is 0 Å². The Labute approximate surface area is 157 Å². The second-order valence-electron chi connectivity index (χ2n) is 5.62. The normalized spacial score (nSPS) is 16.3. The molecule has 144 valence electrons. The standard InChI is InChI=1S/C16H21F3N2O2.2ClH/c1-12(22)23-14-4-2-13(3-5-14)15(6-7-16(17,18)19)21-10-8-20-9-11-21;;/h2-5,15,20H,6-11H2,1H3;2*1H/t15-;;/m1../s1. The number of alkyl halides is 3. The molecule has 0 spiro atoms. The van der Waals surface area contributed by atoms with Gasteiger partial charge in [-0.1, -0.05) is 12.1 Å². The molecule has 0 bridgehead atoms. The zero-order valence-corrected chi connectivity index (χ0v) is 15.5. The summed E-state index contributed by atoms with van der Waals surface area (Å²) in [6.45, 7) is 4.28. The summed E-state index contributed by atoms with van der Waals surface area (Å²) in [6, 6.07) is 6.44. The van der Waals surface area contributed by atoms with E-state index in [4.69, 9.17) is 4.74 Å². The van der Waals surface area contributed by atoms with Crippen molar-refractivity contribution in [1.29, 1.82) is 0 Å². The van der Waals surface area contributed by atoms with E-state index in [1.54, 1.807) is 24.3 Å². The van der Waals surface area contributed by atoms with Gasteiger partial charge in [0.2, 0.25) is 0 Å². The molecule has 25 heavy (non-hydrogen) atoms. The number of hydrogen-bond donors (Lipinski definition) is 1. The van der Waals surface area contributed by atoms with Crippen molar-refractivity contribution in [3.8, 4) is 5.75 Å². The molecule has 0 radical (unpaired) electrons. The minimum absolute atomic E-state index is 0. The molecule has 1 N–H and O–H groups in total. The highest BCUT2D eigenvalue weighted by molar-refractivity contribution is 5.85. The molecule has 1 aromatic rings. The molecule has 1 aliphatic rings. The molecule has 4 nitrogen and oxygen atoms in total. The van der Waals surface area contributed by atoms with E-state index < -0.39 is 18.6 Å². The lowest BCUT2D eigenvalue weighted by Crippen LogP contribution is -2.45. The highest BCUT2D eigenvalue weighted by Crippen LogP contribution is 2.32. The first-order chi connectivity index (χ1) is 10.8. The molecule has 0 amide bonds. The van der Waals surface area contributed by atoms with E-state index in [9.17, 15) is 18.0 Å². The number of piperazine rings is 1. The second-order valence-corrected chi connectivity index (χ2v) is 5.62. The van der Waals surface area contributed by atoms with Crippen LogP contribution < -0.4 is 10.1 Å². The fourth-order valence-corrected chi connectivity index (χ4v) is 2.78. The number of hydrogen-bond acceptors (Lipinski definition) is 4. The summed E-state index contributed by atoms with van der Waals surface area (Å²) in [4.78, 5) is 13.0. The molecule has 9 heteroatoms. The van der Waals surface area contributed by atoms with Crippen LogP contribution in [0.5, 0.6) is 5.75 Å². The van der Waals surface area contributed by atoms with Crippen molar-refractivity contribution in [2.75, 3.05) is 26.2 Å². The molecule has 1 aliphatic heterocycles. The predicted molar refractivity (Wildman–Crippen MR) is 94.7 cm³/mol. The Bertz CT molecular complexity index is 521. The molecular weight excluding hydrogens is 380 g/mol. The fraction of sp³-hybridized carbons (Fsp3) is 0.562. The van der Waals surface area contributed by atoms with Crippen molar-refractivity contribution in [2.24, 2.45) is 0 Å². The number of rotatable bonds is 5. The highest BCUT2D eigenvalue weighted by Gasteiger charge is 2.31. The number of carbonyl (C=O) groups excluding carboxylic acids is 1. The van der Waals surface area contributed by atoms with E-state index in [1.165, 1.54) is 6.92 Å². The maximum Gasteiger partial charge on any atom is 0.389 e. The summed E-state index contributed by atoms with van der Waals surface area (Å²) in [6.07, 6.45) is -4.95. The number of nitrogens with one attached hydrogen (secondary N) is 1. The molecule has 2 rings (SSSR count). The minimum Gasteiger partial charge on any atom is -0.427 e. The van der Waals surface area contributed by atoms with Crippen molar-refractivity contribution < 1.29 is 22.7 Å². The summed E-state index contributed by atoms with van der Waals surface area (Å²) in [5.41, 5.74) is 0.812. The zero-order valence-electron chi connectivity index (χ0n) is 13.8. The lowest BCUT2D eigenvalue weighted by molar-refractivity contribution is -0.138. The average Bonchev–Trinajstić information content (AvgIpc) is 2.48. The van der Waals surface area contributed by atoms with E-state index in [0.29, 0.717) is 18.8 Å². The monoisotopic (exact) mass is 402 g/mol. The Hall–Kier alpha value is -1.02. The molecule has 0 saturated carbocycles. The van der Waals surface area contributed by atoms with Crippen LogP contribution in [-0.2, 0) is 4.79 Å². The van der Waals surface area contributed by atoms with Gasteiger partial charge in [0.05, 0.1) is 0 Å². The van der Waals surface area contributed by atoms with Gasteiger partial charge < -0.3 is 10.1 Å². The van der Waals surface area contributed by atoms with Crippen LogP contribution in [0.3, 0.4) is 0 Å². The number of ether oxygens (including phenoxy) is 1. The van der Waals surface area contributed by atoms with Gasteiger partial charge in [-0.3, -0.25) is 9.69 Å². The fourth-order valence-electron chi connectivity index (χ4n) is 2.78. The summed E-state index contributed by atoms with van der Waals surface area (Å²) in [5.74, 6) is -0.0235. The third kappa shape index (κ3) is 8.27. The van der Waals surface area contributed by atoms with Gasteiger partial charge in [0.15, 0.2) is 0 Å². The summed E-state index contributed by atoms with van der Waals surface area (Å²) in [5, 5.41) is 3.20. The van der Waals surface area contributed by atoms with Crippen LogP contribution in [-0.4, -0.2) is 43.2 Å². The number of carbonyl (C=O) groups is 1. The molecule has 1 atom stereocenters. The molecular formula is C16H23Cl2F3N2O2. The summed E-state index contributed by atoms with van der Waals surface area (Å²) in [7, 11) is 0. The SMILES string of the molecule is CC(=O)Oc1ccc([C@@H](CCC(F)(F)F)N2CCNCC2)cc1.Cl.Cl. The highest BCUT2D eigenvalue weighted by atomic mass is 35.5. The quantitative estimate of drug-likeness (QED) is 0.601. The molecule has 0 aliphatic carbocycles. The van der Waals surface area contributed by atoms with Crippen LogP contribution in [0.25, 0.3) is 0 Å². The minimum atomic E-state index is -4.16. The van der Waals surface area contributed by atoms with Gasteiger partial charge in [-0.05, 0) is 24.1 Å². The van der Waals surface area contributed by atoms with Crippen LogP contribution in [0.2, 0.25) is 0 Å². The number of halogens is 5. The molecule has 0 unspecified atom stereocenters. The molecule has 1 saturated heterocycles. The van der Waals surface area contributed by atoms with Gasteiger partial charge in [-0.25, -0.2) is 0 Å². The van der Waals surface area contributed by atoms with Crippen LogP contribution in [0, 0.1) is 0 Å². The Morgan fingerprint density at radius 2 is 1.76 bits per heavy atom. The maximum atomic E-state index is 12.6. The van der Waals surface area contributed by atoms with E-state index in [0.717, 1.165) is 18.7 Å². The van der Waals surface area contributed by atoms with Crippen LogP contribution >= 0.6 is 24.8 Å². The summed E-state index contributed by atoms with van der Waals surface area (Å²) < 4.78 is 42.8. The maximum absolute atomic E-state index is 12.6. The van der Waals surface area contributed by atoms with Crippen LogP contribution in [0.4, 0.5) is 13.2 Å². The van der Waals surface area contributed by atoms with E-state index in [2.05, 4.69) is 10.2 Å². The Balaban J connectivity index is 0.00000288. The second kappa shape index (κ2) is 10.9. The first-order valence-electron chi connectivity index (χ1n) is 7.65. The number of benzene rings is 1. The van der Waals surface area contributed by atoms with Crippen molar-refractivity contribution in [3.63, 3.8) is 0 Å². The van der Waals surface area contributed by atoms with Crippen LogP contribution in [0.15, 0.2) is 24.3 Å². The Kier molecular flexibility index (Phi) is 10.4. The number of esters is 1. The van der Waals surface area contributed by atoms with Crippen molar-refractivity contribution in [3.05, 3.63) is 29.8 Å². The summed E-state index contributed by atoms with van der Waals surface area (Å²) >= 11 is 0.